The summed E-state index contributed by atoms with van der Waals surface area (Å²) >= 11 is 0. The SMILES string of the molecule is CCCOCCOc1ccc(C#CCCO)c(C)c1. The van der Waals surface area contributed by atoms with Gasteiger partial charge in [0.2, 0.25) is 0 Å². The number of aliphatic hydroxyl groups excluding tert-OH is 1. The molecule has 0 saturated carbocycles. The Morgan fingerprint density at radius 2 is 2.05 bits per heavy atom. The number of benzene rings is 1. The minimum absolute atomic E-state index is 0.102. The summed E-state index contributed by atoms with van der Waals surface area (Å²) in [6.45, 7) is 6.15. The van der Waals surface area contributed by atoms with Crippen LogP contribution in [-0.2, 0) is 4.74 Å². The third kappa shape index (κ3) is 6.28. The van der Waals surface area contributed by atoms with Crippen LogP contribution < -0.4 is 4.74 Å². The summed E-state index contributed by atoms with van der Waals surface area (Å²) in [4.78, 5) is 0. The van der Waals surface area contributed by atoms with E-state index in [9.17, 15) is 0 Å². The molecule has 0 saturated heterocycles. The third-order valence-electron chi connectivity index (χ3n) is 2.50. The van der Waals surface area contributed by atoms with Crippen LogP contribution in [0.25, 0.3) is 0 Å². The van der Waals surface area contributed by atoms with Gasteiger partial charge in [-0.2, -0.15) is 0 Å². The van der Waals surface area contributed by atoms with Gasteiger partial charge in [-0.05, 0) is 37.1 Å². The van der Waals surface area contributed by atoms with Crippen molar-refractivity contribution < 1.29 is 14.6 Å². The first-order valence-electron chi connectivity index (χ1n) is 6.69. The molecule has 3 heteroatoms. The zero-order valence-corrected chi connectivity index (χ0v) is 11.7. The molecule has 1 aromatic carbocycles. The zero-order chi connectivity index (χ0) is 13.9. The van der Waals surface area contributed by atoms with E-state index in [0.717, 1.165) is 29.9 Å². The summed E-state index contributed by atoms with van der Waals surface area (Å²) in [5, 5.41) is 8.68. The highest BCUT2D eigenvalue weighted by molar-refractivity contribution is 5.44. The van der Waals surface area contributed by atoms with Crippen LogP contribution in [0.15, 0.2) is 18.2 Å². The van der Waals surface area contributed by atoms with Gasteiger partial charge in [0.05, 0.1) is 13.2 Å². The van der Waals surface area contributed by atoms with Crippen LogP contribution >= 0.6 is 0 Å². The molecule has 0 aliphatic heterocycles. The Morgan fingerprint density at radius 1 is 1.21 bits per heavy atom. The van der Waals surface area contributed by atoms with E-state index in [2.05, 4.69) is 18.8 Å². The molecule has 3 nitrogen and oxygen atoms in total. The Hall–Kier alpha value is -1.50. The molecule has 0 aliphatic carbocycles. The second-order valence-corrected chi connectivity index (χ2v) is 4.21. The molecule has 0 spiro atoms. The van der Waals surface area contributed by atoms with E-state index < -0.39 is 0 Å². The highest BCUT2D eigenvalue weighted by Crippen LogP contribution is 2.16. The summed E-state index contributed by atoms with van der Waals surface area (Å²) in [5.74, 6) is 6.79. The molecule has 1 rings (SSSR count). The first kappa shape index (κ1) is 15.6. The smallest absolute Gasteiger partial charge is 0.119 e. The first-order valence-corrected chi connectivity index (χ1v) is 6.69. The summed E-state index contributed by atoms with van der Waals surface area (Å²) in [7, 11) is 0. The average molecular weight is 262 g/mol. The lowest BCUT2D eigenvalue weighted by molar-refractivity contribution is 0.101. The molecule has 0 aliphatic rings. The van der Waals surface area contributed by atoms with Crippen LogP contribution in [0.2, 0.25) is 0 Å². The van der Waals surface area contributed by atoms with Gasteiger partial charge in [0, 0.05) is 18.6 Å². The molecule has 104 valence electrons. The van der Waals surface area contributed by atoms with Crippen LogP contribution in [0.1, 0.15) is 30.9 Å². The number of hydrogen-bond donors (Lipinski definition) is 1. The van der Waals surface area contributed by atoms with Crippen molar-refractivity contribution in [1.29, 1.82) is 0 Å². The Labute approximate surface area is 115 Å². The van der Waals surface area contributed by atoms with Gasteiger partial charge in [0.1, 0.15) is 12.4 Å². The van der Waals surface area contributed by atoms with Gasteiger partial charge in [-0.15, -0.1) is 0 Å². The monoisotopic (exact) mass is 262 g/mol. The van der Waals surface area contributed by atoms with Gasteiger partial charge in [0.25, 0.3) is 0 Å². The van der Waals surface area contributed by atoms with Crippen molar-refractivity contribution in [3.05, 3.63) is 29.3 Å². The minimum Gasteiger partial charge on any atom is -0.491 e. The second-order valence-electron chi connectivity index (χ2n) is 4.21. The molecule has 1 N–H and O–H groups in total. The van der Waals surface area contributed by atoms with Crippen LogP contribution in [0.4, 0.5) is 0 Å². The number of aryl methyl sites for hydroxylation is 1. The second kappa shape index (κ2) is 9.43. The van der Waals surface area contributed by atoms with Crippen molar-refractivity contribution in [2.24, 2.45) is 0 Å². The maximum absolute atomic E-state index is 8.68. The molecule has 0 atom stereocenters. The lowest BCUT2D eigenvalue weighted by atomic mass is 10.1. The molecule has 0 fully saturated rings. The maximum Gasteiger partial charge on any atom is 0.119 e. The van der Waals surface area contributed by atoms with E-state index in [1.54, 1.807) is 0 Å². The molecule has 0 radical (unpaired) electrons. The van der Waals surface area contributed by atoms with Crippen molar-refractivity contribution in [1.82, 2.24) is 0 Å². The predicted octanol–water partition coefficient (Wildman–Crippen LogP) is 2.53. The fraction of sp³-hybridized carbons (Fsp3) is 0.500. The van der Waals surface area contributed by atoms with Crippen molar-refractivity contribution in [3.8, 4) is 17.6 Å². The highest BCUT2D eigenvalue weighted by Gasteiger charge is 1.99. The van der Waals surface area contributed by atoms with Gasteiger partial charge in [-0.25, -0.2) is 0 Å². The van der Waals surface area contributed by atoms with E-state index in [0.29, 0.717) is 19.6 Å². The Kier molecular flexibility index (Phi) is 7.72. The standard InChI is InChI=1S/C16H22O3/c1-3-10-18-11-12-19-16-8-7-15(14(2)13-16)6-4-5-9-17/h7-8,13,17H,3,5,9-12H2,1-2H3. The normalized spacial score (nSPS) is 9.84. The van der Waals surface area contributed by atoms with E-state index in [1.807, 2.05) is 25.1 Å². The van der Waals surface area contributed by atoms with Gasteiger partial charge in [0.15, 0.2) is 0 Å². The van der Waals surface area contributed by atoms with Gasteiger partial charge in [-0.1, -0.05) is 18.8 Å². The average Bonchev–Trinajstić information content (AvgIpc) is 2.41. The first-order chi connectivity index (χ1) is 9.27. The molecule has 19 heavy (non-hydrogen) atoms. The van der Waals surface area contributed by atoms with Crippen molar-refractivity contribution in [2.75, 3.05) is 26.4 Å². The molecular weight excluding hydrogens is 240 g/mol. The fourth-order valence-electron chi connectivity index (χ4n) is 1.54. The number of ether oxygens (including phenoxy) is 2. The lowest BCUT2D eigenvalue weighted by Gasteiger charge is -2.08. The van der Waals surface area contributed by atoms with Crippen LogP contribution in [0.3, 0.4) is 0 Å². The summed E-state index contributed by atoms with van der Waals surface area (Å²) in [6.07, 6.45) is 1.53. The number of rotatable bonds is 7. The number of hydrogen-bond acceptors (Lipinski definition) is 3. The summed E-state index contributed by atoms with van der Waals surface area (Å²) < 4.78 is 11.0. The zero-order valence-electron chi connectivity index (χ0n) is 11.7. The number of aliphatic hydroxyl groups is 1. The molecule has 0 aromatic heterocycles. The van der Waals surface area contributed by atoms with E-state index >= 15 is 0 Å². The van der Waals surface area contributed by atoms with E-state index in [-0.39, 0.29) is 6.61 Å². The quantitative estimate of drug-likeness (QED) is 0.606. The Bertz CT molecular complexity index is 429. The van der Waals surface area contributed by atoms with Crippen molar-refractivity contribution >= 4 is 0 Å². The minimum atomic E-state index is 0.102. The molecule has 0 amide bonds. The predicted molar refractivity (Wildman–Crippen MR) is 76.4 cm³/mol. The van der Waals surface area contributed by atoms with Gasteiger partial charge < -0.3 is 14.6 Å². The van der Waals surface area contributed by atoms with Gasteiger partial charge in [-0.3, -0.25) is 0 Å². The lowest BCUT2D eigenvalue weighted by Crippen LogP contribution is -2.07. The molecule has 0 unspecified atom stereocenters. The van der Waals surface area contributed by atoms with Crippen LogP contribution in [0, 0.1) is 18.8 Å². The molecule has 0 bridgehead atoms. The molecule has 0 heterocycles. The fourth-order valence-corrected chi connectivity index (χ4v) is 1.54. The summed E-state index contributed by atoms with van der Waals surface area (Å²) in [5.41, 5.74) is 2.06. The summed E-state index contributed by atoms with van der Waals surface area (Å²) in [6, 6.07) is 5.83. The molecular formula is C16H22O3. The van der Waals surface area contributed by atoms with E-state index in [1.165, 1.54) is 0 Å². The van der Waals surface area contributed by atoms with Crippen LogP contribution in [-0.4, -0.2) is 31.5 Å². The topological polar surface area (TPSA) is 38.7 Å². The van der Waals surface area contributed by atoms with Crippen LogP contribution in [0.5, 0.6) is 5.75 Å². The van der Waals surface area contributed by atoms with Gasteiger partial charge >= 0.3 is 0 Å². The van der Waals surface area contributed by atoms with Crippen molar-refractivity contribution in [3.63, 3.8) is 0 Å². The van der Waals surface area contributed by atoms with Crippen molar-refractivity contribution in [2.45, 2.75) is 26.7 Å². The Balaban J connectivity index is 2.46. The molecule has 1 aromatic rings. The third-order valence-corrected chi connectivity index (χ3v) is 2.50. The largest absolute Gasteiger partial charge is 0.491 e. The maximum atomic E-state index is 8.68. The van der Waals surface area contributed by atoms with E-state index in [4.69, 9.17) is 14.6 Å². The highest BCUT2D eigenvalue weighted by atomic mass is 16.5. The Morgan fingerprint density at radius 3 is 2.74 bits per heavy atom.